The molecule has 0 unspecified atom stereocenters. The van der Waals surface area contributed by atoms with E-state index in [4.69, 9.17) is 4.74 Å². The first kappa shape index (κ1) is 9.20. The highest BCUT2D eigenvalue weighted by atomic mass is 32.2. The van der Waals surface area contributed by atoms with Crippen molar-refractivity contribution in [1.29, 1.82) is 0 Å². The Morgan fingerprint density at radius 1 is 1.57 bits per heavy atom. The number of fused-ring (bicyclic) bond motifs is 1. The number of hydrogen-bond acceptors (Lipinski definition) is 5. The molecular weight excluding hydrogens is 208 g/mol. The number of aromatic nitrogens is 2. The molecule has 7 heteroatoms. The van der Waals surface area contributed by atoms with Crippen LogP contribution in [0.15, 0.2) is 16.0 Å². The minimum Gasteiger partial charge on any atom is -0.477 e. The van der Waals surface area contributed by atoms with Gasteiger partial charge in [0.05, 0.1) is 12.6 Å². The molecular formula is C7H8N2O4S. The van der Waals surface area contributed by atoms with Crippen molar-refractivity contribution in [1.82, 2.24) is 9.55 Å². The van der Waals surface area contributed by atoms with Crippen LogP contribution in [-0.4, -0.2) is 30.8 Å². The van der Waals surface area contributed by atoms with Crippen LogP contribution in [0.1, 0.15) is 0 Å². The summed E-state index contributed by atoms with van der Waals surface area (Å²) < 4.78 is 29.0. The lowest BCUT2D eigenvalue weighted by Gasteiger charge is -2.05. The Labute approximate surface area is 80.1 Å². The average molecular weight is 216 g/mol. The summed E-state index contributed by atoms with van der Waals surface area (Å²) >= 11 is 0. The molecule has 0 radical (unpaired) electrons. The van der Waals surface area contributed by atoms with E-state index >= 15 is 0 Å². The highest BCUT2D eigenvalue weighted by Crippen LogP contribution is 2.18. The van der Waals surface area contributed by atoms with Crippen LogP contribution >= 0.6 is 0 Å². The van der Waals surface area contributed by atoms with Gasteiger partial charge in [-0.05, 0) is 0 Å². The normalized spacial score (nSPS) is 14.9. The Hall–Kier alpha value is -1.37. The summed E-state index contributed by atoms with van der Waals surface area (Å²) in [5.74, 6) is 0.269. The summed E-state index contributed by atoms with van der Waals surface area (Å²) in [5, 5.41) is -0.225. The van der Waals surface area contributed by atoms with Crippen molar-refractivity contribution in [2.45, 2.75) is 11.7 Å². The summed E-state index contributed by atoms with van der Waals surface area (Å²) in [6, 6.07) is 1.18. The fourth-order valence-electron chi connectivity index (χ4n) is 1.31. The van der Waals surface area contributed by atoms with Crippen molar-refractivity contribution in [3.8, 4) is 5.88 Å². The standard InChI is InChI=1S/C7H8N2O4S/c1-14(11,12)7-8-5(10)4-6-9(7)2-3-13-6/h4H,2-3H2,1H3. The lowest BCUT2D eigenvalue weighted by Crippen LogP contribution is -2.18. The van der Waals surface area contributed by atoms with Crippen LogP contribution in [0.2, 0.25) is 0 Å². The third-order valence-electron chi connectivity index (χ3n) is 1.85. The number of rotatable bonds is 1. The minimum absolute atomic E-state index is 0.225. The Kier molecular flexibility index (Phi) is 1.84. The Morgan fingerprint density at radius 2 is 2.29 bits per heavy atom. The SMILES string of the molecule is CS(=O)(=O)c1nc(=O)cc2n1CCO2. The van der Waals surface area contributed by atoms with E-state index in [0.717, 1.165) is 6.26 Å². The first-order chi connectivity index (χ1) is 6.48. The topological polar surface area (TPSA) is 78.3 Å². The Balaban J connectivity index is 2.79. The third-order valence-corrected chi connectivity index (χ3v) is 2.82. The monoisotopic (exact) mass is 216 g/mol. The molecule has 1 aromatic heterocycles. The van der Waals surface area contributed by atoms with E-state index < -0.39 is 15.4 Å². The summed E-state index contributed by atoms with van der Waals surface area (Å²) in [6.07, 6.45) is 1.01. The minimum atomic E-state index is -3.48. The van der Waals surface area contributed by atoms with Crippen molar-refractivity contribution in [2.75, 3.05) is 12.9 Å². The van der Waals surface area contributed by atoms with Gasteiger partial charge in [0.15, 0.2) is 0 Å². The maximum Gasteiger partial charge on any atom is 0.277 e. The third kappa shape index (κ3) is 1.39. The number of sulfone groups is 1. The molecule has 0 saturated heterocycles. The van der Waals surface area contributed by atoms with Gasteiger partial charge in [0.2, 0.25) is 20.9 Å². The molecule has 1 aliphatic rings. The molecule has 1 aromatic rings. The highest BCUT2D eigenvalue weighted by Gasteiger charge is 2.22. The van der Waals surface area contributed by atoms with Crippen molar-refractivity contribution >= 4 is 9.84 Å². The molecule has 0 saturated carbocycles. The van der Waals surface area contributed by atoms with Crippen LogP contribution in [0.3, 0.4) is 0 Å². The molecule has 0 aliphatic carbocycles. The quantitative estimate of drug-likeness (QED) is 0.565. The van der Waals surface area contributed by atoms with Gasteiger partial charge < -0.3 is 4.74 Å². The lowest BCUT2D eigenvalue weighted by atomic mass is 10.6. The van der Waals surface area contributed by atoms with Gasteiger partial charge in [0, 0.05) is 6.26 Å². The van der Waals surface area contributed by atoms with E-state index in [0.29, 0.717) is 13.2 Å². The van der Waals surface area contributed by atoms with Gasteiger partial charge in [-0.15, -0.1) is 0 Å². The summed E-state index contributed by atoms with van der Waals surface area (Å²) in [6.45, 7) is 0.776. The molecule has 0 amide bonds. The van der Waals surface area contributed by atoms with E-state index in [1.807, 2.05) is 0 Å². The van der Waals surface area contributed by atoms with Crippen molar-refractivity contribution < 1.29 is 13.2 Å². The maximum atomic E-state index is 11.3. The van der Waals surface area contributed by atoms with Gasteiger partial charge in [0.1, 0.15) is 6.61 Å². The molecule has 6 nitrogen and oxygen atoms in total. The van der Waals surface area contributed by atoms with Gasteiger partial charge >= 0.3 is 0 Å². The van der Waals surface area contributed by atoms with E-state index in [1.54, 1.807) is 0 Å². The van der Waals surface area contributed by atoms with Crippen molar-refractivity contribution in [3.63, 3.8) is 0 Å². The molecule has 0 N–H and O–H groups in total. The summed E-state index contributed by atoms with van der Waals surface area (Å²) in [5.41, 5.74) is -0.599. The molecule has 2 heterocycles. The molecule has 0 bridgehead atoms. The molecule has 0 spiro atoms. The molecule has 0 atom stereocenters. The van der Waals surface area contributed by atoms with Gasteiger partial charge in [-0.25, -0.2) is 8.42 Å². The Bertz CT molecular complexity index is 531. The summed E-state index contributed by atoms with van der Waals surface area (Å²) in [4.78, 5) is 14.5. The van der Waals surface area contributed by atoms with E-state index in [9.17, 15) is 13.2 Å². The van der Waals surface area contributed by atoms with Gasteiger partial charge in [-0.2, -0.15) is 4.98 Å². The van der Waals surface area contributed by atoms with Gasteiger partial charge in [-0.3, -0.25) is 9.36 Å². The smallest absolute Gasteiger partial charge is 0.277 e. The van der Waals surface area contributed by atoms with Crippen LogP contribution in [0.25, 0.3) is 0 Å². The molecule has 2 rings (SSSR count). The number of hydrogen-bond donors (Lipinski definition) is 0. The van der Waals surface area contributed by atoms with Crippen molar-refractivity contribution in [2.24, 2.45) is 0 Å². The van der Waals surface area contributed by atoms with E-state index in [1.165, 1.54) is 10.6 Å². The second-order valence-corrected chi connectivity index (χ2v) is 4.90. The zero-order valence-electron chi connectivity index (χ0n) is 7.43. The van der Waals surface area contributed by atoms with Crippen molar-refractivity contribution in [3.05, 3.63) is 16.4 Å². The maximum absolute atomic E-state index is 11.3. The predicted octanol–water partition coefficient (Wildman–Crippen LogP) is -0.961. The van der Waals surface area contributed by atoms with E-state index in [2.05, 4.69) is 4.98 Å². The van der Waals surface area contributed by atoms with Gasteiger partial charge in [0.25, 0.3) is 5.56 Å². The van der Waals surface area contributed by atoms with Gasteiger partial charge in [-0.1, -0.05) is 0 Å². The number of nitrogens with zero attached hydrogens (tertiary/aromatic N) is 2. The molecule has 14 heavy (non-hydrogen) atoms. The molecule has 0 fully saturated rings. The van der Waals surface area contributed by atoms with Crippen LogP contribution in [0.5, 0.6) is 5.88 Å². The predicted molar refractivity (Wildman–Crippen MR) is 47.1 cm³/mol. The number of ether oxygens (including phenoxy) is 1. The van der Waals surface area contributed by atoms with Crippen LogP contribution in [0.4, 0.5) is 0 Å². The zero-order chi connectivity index (χ0) is 10.3. The summed E-state index contributed by atoms with van der Waals surface area (Å²) in [7, 11) is -3.48. The second-order valence-electron chi connectivity index (χ2n) is 2.99. The Morgan fingerprint density at radius 3 is 2.93 bits per heavy atom. The lowest BCUT2D eigenvalue weighted by molar-refractivity contribution is 0.356. The average Bonchev–Trinajstić information content (AvgIpc) is 2.47. The van der Waals surface area contributed by atoms with Crippen LogP contribution < -0.4 is 10.3 Å². The highest BCUT2D eigenvalue weighted by molar-refractivity contribution is 7.90. The first-order valence-electron chi connectivity index (χ1n) is 3.93. The molecule has 0 aromatic carbocycles. The first-order valence-corrected chi connectivity index (χ1v) is 5.82. The van der Waals surface area contributed by atoms with Crippen LogP contribution in [0, 0.1) is 0 Å². The molecule has 1 aliphatic heterocycles. The molecule has 76 valence electrons. The zero-order valence-corrected chi connectivity index (χ0v) is 8.24. The van der Waals surface area contributed by atoms with Crippen LogP contribution in [-0.2, 0) is 16.4 Å². The largest absolute Gasteiger partial charge is 0.477 e. The van der Waals surface area contributed by atoms with E-state index in [-0.39, 0.29) is 11.0 Å². The fourth-order valence-corrected chi connectivity index (χ4v) is 2.15. The second kappa shape index (κ2) is 2.81. The fraction of sp³-hybridized carbons (Fsp3) is 0.429.